The van der Waals surface area contributed by atoms with E-state index in [2.05, 4.69) is 10.3 Å². The highest BCUT2D eigenvalue weighted by Crippen LogP contribution is 2.27. The number of nitrogens with zero attached hydrogens (tertiary/aromatic N) is 1. The number of hydrogen-bond donors (Lipinski definition) is 2. The van der Waals surface area contributed by atoms with Gasteiger partial charge in [0.25, 0.3) is 5.56 Å². The van der Waals surface area contributed by atoms with E-state index in [4.69, 9.17) is 31.2 Å². The predicted molar refractivity (Wildman–Crippen MR) is 144 cm³/mol. The van der Waals surface area contributed by atoms with Gasteiger partial charge >= 0.3 is 0 Å². The van der Waals surface area contributed by atoms with E-state index >= 15 is 0 Å². The van der Waals surface area contributed by atoms with E-state index in [1.165, 1.54) is 0 Å². The summed E-state index contributed by atoms with van der Waals surface area (Å²) >= 11 is 5.77. The summed E-state index contributed by atoms with van der Waals surface area (Å²) in [5.41, 5.74) is 2.36. The first kappa shape index (κ1) is 25.8. The van der Waals surface area contributed by atoms with Crippen LogP contribution in [0.3, 0.4) is 0 Å². The summed E-state index contributed by atoms with van der Waals surface area (Å²) in [4.78, 5) is 17.9. The van der Waals surface area contributed by atoms with Crippen molar-refractivity contribution in [3.05, 3.63) is 63.9 Å². The summed E-state index contributed by atoms with van der Waals surface area (Å²) in [6, 6.07) is 13.5. The van der Waals surface area contributed by atoms with Gasteiger partial charge in [0.1, 0.15) is 5.75 Å². The van der Waals surface area contributed by atoms with Crippen LogP contribution in [0.15, 0.2) is 47.3 Å². The van der Waals surface area contributed by atoms with Crippen LogP contribution in [0.25, 0.3) is 10.9 Å². The van der Waals surface area contributed by atoms with Gasteiger partial charge in [0.05, 0.1) is 39.5 Å². The van der Waals surface area contributed by atoms with Gasteiger partial charge in [-0.1, -0.05) is 6.07 Å². The molecule has 192 valence electrons. The Morgan fingerprint density at radius 3 is 2.67 bits per heavy atom. The maximum atomic E-state index is 12.9. The molecule has 1 saturated heterocycles. The summed E-state index contributed by atoms with van der Waals surface area (Å²) in [7, 11) is 4.86. The van der Waals surface area contributed by atoms with Gasteiger partial charge in [-0.3, -0.25) is 4.79 Å². The molecular formula is C27H33N3O5S. The van der Waals surface area contributed by atoms with E-state index in [-0.39, 0.29) is 11.7 Å². The van der Waals surface area contributed by atoms with Crippen molar-refractivity contribution in [3.8, 4) is 17.2 Å². The van der Waals surface area contributed by atoms with Crippen LogP contribution in [0.5, 0.6) is 17.2 Å². The SMILES string of the molecule is COc1ccc2cc(CN(C[C@H]3CCCO3)C(=S)NCCc3ccc(OC)c(OC)c3)c(=O)[nH]c2c1. The minimum atomic E-state index is -0.138. The zero-order valence-corrected chi connectivity index (χ0v) is 21.8. The van der Waals surface area contributed by atoms with E-state index in [0.717, 1.165) is 42.3 Å². The fourth-order valence-electron chi connectivity index (χ4n) is 4.39. The molecule has 0 unspecified atom stereocenters. The molecule has 0 aliphatic carbocycles. The summed E-state index contributed by atoms with van der Waals surface area (Å²) < 4.78 is 21.9. The molecule has 2 heterocycles. The van der Waals surface area contributed by atoms with Gasteiger partial charge in [0.2, 0.25) is 0 Å². The maximum absolute atomic E-state index is 12.9. The lowest BCUT2D eigenvalue weighted by Crippen LogP contribution is -2.44. The van der Waals surface area contributed by atoms with Crippen LogP contribution >= 0.6 is 12.2 Å². The molecule has 1 aliphatic heterocycles. The van der Waals surface area contributed by atoms with E-state index < -0.39 is 0 Å². The van der Waals surface area contributed by atoms with Crippen molar-refractivity contribution >= 4 is 28.2 Å². The Kier molecular flexibility index (Phi) is 8.66. The largest absolute Gasteiger partial charge is 0.497 e. The summed E-state index contributed by atoms with van der Waals surface area (Å²) in [5, 5.41) is 4.90. The lowest BCUT2D eigenvalue weighted by atomic mass is 10.1. The number of thiocarbonyl (C=S) groups is 1. The fraction of sp³-hybridized carbons (Fsp3) is 0.407. The zero-order valence-electron chi connectivity index (χ0n) is 21.0. The first-order chi connectivity index (χ1) is 17.5. The molecule has 1 aromatic heterocycles. The standard InChI is InChI=1S/C27H33N3O5S/c1-32-21-8-7-19-14-20(26(31)29-23(19)15-21)16-30(17-22-5-4-12-35-22)27(36)28-11-10-18-6-9-24(33-2)25(13-18)34-3/h6-9,13-15,22H,4-5,10-12,16-17H2,1-3H3,(H,28,36)(H,29,31)/t22-/m1/s1. The molecule has 2 N–H and O–H groups in total. The molecule has 9 heteroatoms. The molecule has 0 radical (unpaired) electrons. The van der Waals surface area contributed by atoms with E-state index in [0.29, 0.717) is 47.6 Å². The molecule has 1 atom stereocenters. The van der Waals surface area contributed by atoms with Crippen molar-refractivity contribution in [2.75, 3.05) is 41.0 Å². The Labute approximate surface area is 216 Å². The van der Waals surface area contributed by atoms with Gasteiger partial charge in [-0.05, 0) is 72.8 Å². The molecule has 1 aliphatic rings. The fourth-order valence-corrected chi connectivity index (χ4v) is 4.63. The van der Waals surface area contributed by atoms with Crippen molar-refractivity contribution in [1.29, 1.82) is 0 Å². The number of H-pyrrole nitrogens is 1. The van der Waals surface area contributed by atoms with E-state index in [1.807, 2.05) is 47.4 Å². The Balaban J connectivity index is 1.46. The number of hydrogen-bond acceptors (Lipinski definition) is 6. The van der Waals surface area contributed by atoms with Crippen molar-refractivity contribution in [1.82, 2.24) is 15.2 Å². The van der Waals surface area contributed by atoms with Crippen molar-refractivity contribution < 1.29 is 18.9 Å². The van der Waals surface area contributed by atoms with Crippen LogP contribution in [0, 0.1) is 0 Å². The predicted octanol–water partition coefficient (Wildman–Crippen LogP) is 3.65. The molecule has 3 aromatic rings. The average molecular weight is 512 g/mol. The molecule has 0 spiro atoms. The Morgan fingerprint density at radius 2 is 1.94 bits per heavy atom. The normalized spacial score (nSPS) is 15.0. The van der Waals surface area contributed by atoms with Gasteiger partial charge < -0.3 is 34.1 Å². The van der Waals surface area contributed by atoms with Crippen molar-refractivity contribution in [3.63, 3.8) is 0 Å². The monoisotopic (exact) mass is 511 g/mol. The quantitative estimate of drug-likeness (QED) is 0.399. The second kappa shape index (κ2) is 12.1. The molecular weight excluding hydrogens is 478 g/mol. The number of rotatable bonds is 10. The second-order valence-corrected chi connectivity index (χ2v) is 9.15. The lowest BCUT2D eigenvalue weighted by molar-refractivity contribution is 0.0897. The highest BCUT2D eigenvalue weighted by molar-refractivity contribution is 7.80. The molecule has 0 bridgehead atoms. The van der Waals surface area contributed by atoms with Crippen LogP contribution in [0.1, 0.15) is 24.0 Å². The first-order valence-electron chi connectivity index (χ1n) is 12.1. The average Bonchev–Trinajstić information content (AvgIpc) is 3.41. The topological polar surface area (TPSA) is 85.1 Å². The van der Waals surface area contributed by atoms with Gasteiger partial charge in [-0.25, -0.2) is 0 Å². The van der Waals surface area contributed by atoms with Gasteiger partial charge in [-0.15, -0.1) is 0 Å². The number of ether oxygens (including phenoxy) is 4. The Bertz CT molecular complexity index is 1260. The third-order valence-corrected chi connectivity index (χ3v) is 6.77. The Morgan fingerprint density at radius 1 is 1.11 bits per heavy atom. The molecule has 2 aromatic carbocycles. The minimum absolute atomic E-state index is 0.0967. The summed E-state index contributed by atoms with van der Waals surface area (Å²) in [6.45, 7) is 2.42. The molecule has 8 nitrogen and oxygen atoms in total. The smallest absolute Gasteiger partial charge is 0.253 e. The number of nitrogens with one attached hydrogen (secondary N) is 2. The molecule has 4 rings (SSSR count). The zero-order chi connectivity index (χ0) is 25.5. The minimum Gasteiger partial charge on any atom is -0.497 e. The number of pyridine rings is 1. The highest BCUT2D eigenvalue weighted by atomic mass is 32.1. The van der Waals surface area contributed by atoms with Crippen molar-refractivity contribution in [2.24, 2.45) is 0 Å². The second-order valence-electron chi connectivity index (χ2n) is 8.76. The number of fused-ring (bicyclic) bond motifs is 1. The van der Waals surface area contributed by atoms with Gasteiger partial charge in [0, 0.05) is 31.3 Å². The lowest BCUT2D eigenvalue weighted by Gasteiger charge is -2.28. The van der Waals surface area contributed by atoms with Gasteiger partial charge in [-0.2, -0.15) is 0 Å². The van der Waals surface area contributed by atoms with Crippen LogP contribution in [-0.2, 0) is 17.7 Å². The van der Waals surface area contributed by atoms with Crippen LogP contribution in [-0.4, -0.2) is 62.1 Å². The van der Waals surface area contributed by atoms with Crippen LogP contribution < -0.4 is 25.1 Å². The Hall–Kier alpha value is -3.30. The maximum Gasteiger partial charge on any atom is 0.253 e. The summed E-state index contributed by atoms with van der Waals surface area (Å²) in [6.07, 6.45) is 2.88. The highest BCUT2D eigenvalue weighted by Gasteiger charge is 2.22. The van der Waals surface area contributed by atoms with Crippen molar-refractivity contribution in [2.45, 2.75) is 31.9 Å². The van der Waals surface area contributed by atoms with Gasteiger partial charge in [0.15, 0.2) is 16.6 Å². The molecule has 36 heavy (non-hydrogen) atoms. The van der Waals surface area contributed by atoms with E-state index in [1.54, 1.807) is 21.3 Å². The van der Waals surface area contributed by atoms with Crippen LogP contribution in [0.2, 0.25) is 0 Å². The third kappa shape index (κ3) is 6.27. The van der Waals surface area contributed by atoms with Crippen LogP contribution in [0.4, 0.5) is 0 Å². The number of aromatic nitrogens is 1. The number of methoxy groups -OCH3 is 3. The summed E-state index contributed by atoms with van der Waals surface area (Å²) in [5.74, 6) is 2.10. The first-order valence-corrected chi connectivity index (χ1v) is 12.5. The van der Waals surface area contributed by atoms with E-state index in [9.17, 15) is 4.79 Å². The number of aromatic amines is 1. The molecule has 0 saturated carbocycles. The molecule has 1 fully saturated rings. The third-order valence-electron chi connectivity index (χ3n) is 6.36. The number of benzene rings is 2. The molecule has 0 amide bonds.